The van der Waals surface area contributed by atoms with Crippen LogP contribution < -0.4 is 0 Å². The summed E-state index contributed by atoms with van der Waals surface area (Å²) in [6.07, 6.45) is 1.22. The van der Waals surface area contributed by atoms with Gasteiger partial charge in [0.2, 0.25) is 0 Å². The minimum atomic E-state index is -0.558. The molecule has 0 aliphatic carbocycles. The van der Waals surface area contributed by atoms with Gasteiger partial charge < -0.3 is 5.21 Å². The lowest BCUT2D eigenvalue weighted by molar-refractivity contribution is -0.384. The van der Waals surface area contributed by atoms with Crippen LogP contribution in [0.15, 0.2) is 48.7 Å². The highest BCUT2D eigenvalue weighted by Crippen LogP contribution is 2.28. The highest BCUT2D eigenvalue weighted by atomic mass is 35.5. The van der Waals surface area contributed by atoms with Crippen LogP contribution in [0.4, 0.5) is 5.69 Å². The molecule has 3 rings (SSSR count). The molecule has 0 saturated carbocycles. The average molecular weight is 317 g/mol. The highest BCUT2D eigenvalue weighted by molar-refractivity contribution is 6.35. The van der Waals surface area contributed by atoms with E-state index in [1.165, 1.54) is 24.4 Å². The minimum Gasteiger partial charge on any atom is -0.428 e. The summed E-state index contributed by atoms with van der Waals surface area (Å²) >= 11 is 6.01. The Labute approximate surface area is 129 Å². The van der Waals surface area contributed by atoms with Crippen molar-refractivity contribution in [2.75, 3.05) is 0 Å². The van der Waals surface area contributed by atoms with Crippen molar-refractivity contribution >= 4 is 34.0 Å². The normalized spacial score (nSPS) is 10.8. The lowest BCUT2D eigenvalue weighted by atomic mass is 10.0. The van der Waals surface area contributed by atoms with E-state index in [1.807, 2.05) is 0 Å². The number of hydrogen-bond acceptors (Lipinski definition) is 4. The number of aromatic nitrogens is 1. The molecule has 22 heavy (non-hydrogen) atoms. The predicted molar refractivity (Wildman–Crippen MR) is 80.7 cm³/mol. The van der Waals surface area contributed by atoms with Crippen molar-refractivity contribution in [2.24, 2.45) is 0 Å². The van der Waals surface area contributed by atoms with Crippen LogP contribution in [0.2, 0.25) is 5.02 Å². The molecule has 1 aromatic heterocycles. The summed E-state index contributed by atoms with van der Waals surface area (Å²) < 4.78 is 0.767. The first-order valence-electron chi connectivity index (χ1n) is 6.27. The molecule has 6 nitrogen and oxygen atoms in total. The number of fused-ring (bicyclic) bond motifs is 1. The van der Waals surface area contributed by atoms with Gasteiger partial charge in [-0.1, -0.05) is 23.7 Å². The van der Waals surface area contributed by atoms with Crippen molar-refractivity contribution < 1.29 is 14.9 Å². The molecule has 1 heterocycles. The molecule has 0 saturated heterocycles. The third-order valence-corrected chi connectivity index (χ3v) is 3.67. The number of hydrogen-bond donors (Lipinski definition) is 1. The molecule has 3 aromatic rings. The van der Waals surface area contributed by atoms with Crippen LogP contribution in [0.3, 0.4) is 0 Å². The van der Waals surface area contributed by atoms with Gasteiger partial charge in [-0.3, -0.25) is 14.9 Å². The zero-order valence-corrected chi connectivity index (χ0v) is 11.8. The molecule has 110 valence electrons. The van der Waals surface area contributed by atoms with Gasteiger partial charge in [-0.25, -0.2) is 0 Å². The van der Waals surface area contributed by atoms with Crippen LogP contribution in [0.25, 0.3) is 10.9 Å². The van der Waals surface area contributed by atoms with Gasteiger partial charge in [0, 0.05) is 23.1 Å². The Morgan fingerprint density at radius 1 is 1.18 bits per heavy atom. The summed E-state index contributed by atoms with van der Waals surface area (Å²) in [5.41, 5.74) is 0.561. The fourth-order valence-electron chi connectivity index (χ4n) is 2.29. The van der Waals surface area contributed by atoms with Gasteiger partial charge in [-0.2, -0.15) is 4.73 Å². The first-order chi connectivity index (χ1) is 10.5. The van der Waals surface area contributed by atoms with Crippen LogP contribution in [-0.4, -0.2) is 20.6 Å². The van der Waals surface area contributed by atoms with Gasteiger partial charge in [-0.05, 0) is 18.2 Å². The zero-order chi connectivity index (χ0) is 15.9. The molecule has 0 aliphatic heterocycles. The summed E-state index contributed by atoms with van der Waals surface area (Å²) in [5, 5.41) is 21.3. The number of halogens is 1. The molecule has 2 aromatic carbocycles. The molecule has 1 N–H and O–H groups in total. The smallest absolute Gasteiger partial charge is 0.270 e. The van der Waals surface area contributed by atoms with E-state index in [4.69, 9.17) is 11.6 Å². The zero-order valence-electron chi connectivity index (χ0n) is 11.1. The minimum absolute atomic E-state index is 0.148. The van der Waals surface area contributed by atoms with E-state index in [9.17, 15) is 20.1 Å². The van der Waals surface area contributed by atoms with Crippen molar-refractivity contribution in [1.29, 1.82) is 0 Å². The van der Waals surface area contributed by atoms with Crippen LogP contribution in [0.5, 0.6) is 0 Å². The SMILES string of the molecule is O=C(c1ccccc1Cl)c1cn(O)c2ccc([N+](=O)[O-])cc12. The quantitative estimate of drug-likeness (QED) is 0.346. The number of nitro benzene ring substituents is 1. The second-order valence-corrected chi connectivity index (χ2v) is 5.06. The first kappa shape index (κ1) is 14.1. The second kappa shape index (κ2) is 5.16. The topological polar surface area (TPSA) is 85.4 Å². The molecule has 0 fully saturated rings. The highest BCUT2D eigenvalue weighted by Gasteiger charge is 2.20. The largest absolute Gasteiger partial charge is 0.428 e. The van der Waals surface area contributed by atoms with Gasteiger partial charge in [0.1, 0.15) is 0 Å². The molecule has 7 heteroatoms. The Morgan fingerprint density at radius 3 is 2.59 bits per heavy atom. The summed E-state index contributed by atoms with van der Waals surface area (Å²) in [6, 6.07) is 10.4. The third kappa shape index (κ3) is 2.19. The van der Waals surface area contributed by atoms with E-state index in [0.29, 0.717) is 10.9 Å². The van der Waals surface area contributed by atoms with E-state index in [1.54, 1.807) is 24.3 Å². The summed E-state index contributed by atoms with van der Waals surface area (Å²) in [7, 11) is 0. The number of carbonyl (C=O) groups is 1. The monoisotopic (exact) mass is 316 g/mol. The van der Waals surface area contributed by atoms with Crippen LogP contribution in [0, 0.1) is 10.1 Å². The Bertz CT molecular complexity index is 917. The lowest BCUT2D eigenvalue weighted by Crippen LogP contribution is -2.01. The third-order valence-electron chi connectivity index (χ3n) is 3.34. The first-order valence-corrected chi connectivity index (χ1v) is 6.65. The standard InChI is InChI=1S/C15H9ClN2O4/c16-13-4-2-1-3-10(13)15(19)12-8-17(20)14-6-5-9(18(21)22)7-11(12)14/h1-8,20H. The number of nitro groups is 1. The lowest BCUT2D eigenvalue weighted by Gasteiger charge is -2.02. The number of nitrogens with zero attached hydrogens (tertiary/aromatic N) is 2. The van der Waals surface area contributed by atoms with Gasteiger partial charge in [-0.15, -0.1) is 0 Å². The predicted octanol–water partition coefficient (Wildman–Crippen LogP) is 3.67. The van der Waals surface area contributed by atoms with Crippen molar-refractivity contribution in [2.45, 2.75) is 0 Å². The summed E-state index contributed by atoms with van der Waals surface area (Å²) in [5.74, 6) is -0.413. The molecule has 0 atom stereocenters. The van der Waals surface area contributed by atoms with Gasteiger partial charge in [0.15, 0.2) is 5.78 Å². The van der Waals surface area contributed by atoms with E-state index in [-0.39, 0.29) is 21.8 Å². The van der Waals surface area contributed by atoms with Crippen LogP contribution in [0.1, 0.15) is 15.9 Å². The molecule has 0 bridgehead atoms. The van der Waals surface area contributed by atoms with E-state index in [2.05, 4.69) is 0 Å². The number of ketones is 1. The number of carbonyl (C=O) groups excluding carboxylic acids is 1. The molecular weight excluding hydrogens is 308 g/mol. The number of benzene rings is 2. The second-order valence-electron chi connectivity index (χ2n) is 4.65. The Balaban J connectivity index is 2.22. The molecule has 0 spiro atoms. The maximum absolute atomic E-state index is 12.6. The van der Waals surface area contributed by atoms with E-state index < -0.39 is 10.7 Å². The van der Waals surface area contributed by atoms with Crippen LogP contribution >= 0.6 is 11.6 Å². The average Bonchev–Trinajstić information content (AvgIpc) is 2.84. The van der Waals surface area contributed by atoms with Gasteiger partial charge in [0.25, 0.3) is 5.69 Å². The Hall–Kier alpha value is -2.86. The molecule has 0 radical (unpaired) electrons. The summed E-state index contributed by atoms with van der Waals surface area (Å²) in [4.78, 5) is 22.9. The Morgan fingerprint density at radius 2 is 1.91 bits per heavy atom. The van der Waals surface area contributed by atoms with Crippen molar-refractivity contribution in [1.82, 2.24) is 4.73 Å². The van der Waals surface area contributed by atoms with E-state index in [0.717, 1.165) is 4.73 Å². The Kier molecular flexibility index (Phi) is 3.30. The van der Waals surface area contributed by atoms with E-state index >= 15 is 0 Å². The van der Waals surface area contributed by atoms with Crippen LogP contribution in [-0.2, 0) is 0 Å². The van der Waals surface area contributed by atoms with Gasteiger partial charge in [0.05, 0.1) is 27.2 Å². The van der Waals surface area contributed by atoms with Crippen molar-refractivity contribution in [3.63, 3.8) is 0 Å². The number of non-ortho nitro benzene ring substituents is 1. The van der Waals surface area contributed by atoms with Crippen molar-refractivity contribution in [3.05, 3.63) is 74.9 Å². The molecular formula is C15H9ClN2O4. The molecule has 0 amide bonds. The molecule has 0 aliphatic rings. The maximum Gasteiger partial charge on any atom is 0.270 e. The van der Waals surface area contributed by atoms with Gasteiger partial charge >= 0.3 is 0 Å². The molecule has 0 unspecified atom stereocenters. The summed E-state index contributed by atoms with van der Waals surface area (Å²) in [6.45, 7) is 0. The fourth-order valence-corrected chi connectivity index (χ4v) is 2.51. The number of rotatable bonds is 3. The maximum atomic E-state index is 12.6. The fraction of sp³-hybridized carbons (Fsp3) is 0. The van der Waals surface area contributed by atoms with Crippen molar-refractivity contribution in [3.8, 4) is 0 Å².